The molecule has 60 valence electrons. The molecule has 0 aliphatic heterocycles. The van der Waals surface area contributed by atoms with E-state index in [1.165, 1.54) is 0 Å². The number of hydrogen-bond acceptors (Lipinski definition) is 1. The lowest BCUT2D eigenvalue weighted by molar-refractivity contribution is -0.136. The minimum absolute atomic E-state index is 0.0987. The Hall–Kier alpha value is -1.31. The summed E-state index contributed by atoms with van der Waals surface area (Å²) in [4.78, 5) is 10.2. The minimum Gasteiger partial charge on any atom is -0.481 e. The molecule has 1 N–H and O–H groups in total. The molecule has 0 saturated heterocycles. The monoisotopic (exact) mass is 152 g/mol. The van der Waals surface area contributed by atoms with Crippen LogP contribution < -0.4 is 0 Å². The van der Waals surface area contributed by atoms with Crippen LogP contribution in [0.3, 0.4) is 0 Å². The maximum absolute atomic E-state index is 10.2. The Morgan fingerprint density at radius 2 is 2.18 bits per heavy atom. The molecule has 0 aromatic rings. The van der Waals surface area contributed by atoms with Gasteiger partial charge in [-0.15, -0.1) is 0 Å². The molecule has 11 heavy (non-hydrogen) atoms. The van der Waals surface area contributed by atoms with Crippen LogP contribution in [-0.2, 0) is 4.79 Å². The second-order valence-electron chi connectivity index (χ2n) is 2.20. The van der Waals surface area contributed by atoms with Gasteiger partial charge in [-0.3, -0.25) is 4.79 Å². The van der Waals surface area contributed by atoms with Gasteiger partial charge in [0.05, 0.1) is 6.42 Å². The SMILES string of the molecule is C=C/C=C\C=C(/C)CC(=O)O. The number of carboxylic acid groups (broad SMARTS) is 1. The van der Waals surface area contributed by atoms with E-state index >= 15 is 0 Å². The summed E-state index contributed by atoms with van der Waals surface area (Å²) in [5.41, 5.74) is 0.829. The van der Waals surface area contributed by atoms with Crippen LogP contribution in [0.15, 0.2) is 36.5 Å². The van der Waals surface area contributed by atoms with Crippen molar-refractivity contribution in [2.24, 2.45) is 0 Å². The van der Waals surface area contributed by atoms with Gasteiger partial charge in [0.1, 0.15) is 0 Å². The van der Waals surface area contributed by atoms with Crippen LogP contribution in [0.5, 0.6) is 0 Å². The highest BCUT2D eigenvalue weighted by Crippen LogP contribution is 1.98. The van der Waals surface area contributed by atoms with E-state index in [1.807, 2.05) is 0 Å². The molecule has 0 saturated carbocycles. The average molecular weight is 152 g/mol. The molecule has 0 rings (SSSR count). The molecular formula is C9H12O2. The fourth-order valence-corrected chi connectivity index (χ4v) is 0.596. The van der Waals surface area contributed by atoms with Crippen molar-refractivity contribution in [3.05, 3.63) is 36.5 Å². The molecule has 0 atom stereocenters. The molecule has 0 heterocycles. The maximum atomic E-state index is 10.2. The Bertz CT molecular complexity index is 200. The van der Waals surface area contributed by atoms with Crippen LogP contribution in [0.2, 0.25) is 0 Å². The molecule has 0 fully saturated rings. The van der Waals surface area contributed by atoms with Gasteiger partial charge in [0.2, 0.25) is 0 Å². The van der Waals surface area contributed by atoms with E-state index in [0.29, 0.717) is 0 Å². The molecule has 0 amide bonds. The van der Waals surface area contributed by atoms with Crippen molar-refractivity contribution in [1.82, 2.24) is 0 Å². The smallest absolute Gasteiger partial charge is 0.307 e. The fourth-order valence-electron chi connectivity index (χ4n) is 0.596. The van der Waals surface area contributed by atoms with E-state index in [9.17, 15) is 4.79 Å². The standard InChI is InChI=1S/C9H12O2/c1-3-4-5-6-8(2)7-9(10)11/h3-6H,1,7H2,2H3,(H,10,11)/b5-4-,8-6+. The van der Waals surface area contributed by atoms with E-state index < -0.39 is 5.97 Å². The van der Waals surface area contributed by atoms with Crippen LogP contribution in [0, 0.1) is 0 Å². The van der Waals surface area contributed by atoms with Crippen molar-refractivity contribution in [1.29, 1.82) is 0 Å². The number of hydrogen-bond donors (Lipinski definition) is 1. The van der Waals surface area contributed by atoms with Gasteiger partial charge in [-0.25, -0.2) is 0 Å². The molecule has 0 aliphatic carbocycles. The third-order valence-corrected chi connectivity index (χ3v) is 1.06. The Balaban J connectivity index is 3.90. The number of carboxylic acids is 1. The Kier molecular flexibility index (Phi) is 4.82. The largest absolute Gasteiger partial charge is 0.481 e. The van der Waals surface area contributed by atoms with E-state index in [4.69, 9.17) is 5.11 Å². The summed E-state index contributed by atoms with van der Waals surface area (Å²) in [5, 5.41) is 8.36. The summed E-state index contributed by atoms with van der Waals surface area (Å²) >= 11 is 0. The van der Waals surface area contributed by atoms with Crippen LogP contribution in [0.25, 0.3) is 0 Å². The van der Waals surface area contributed by atoms with Gasteiger partial charge in [0, 0.05) is 0 Å². The molecule has 0 unspecified atom stereocenters. The number of rotatable bonds is 4. The Morgan fingerprint density at radius 3 is 2.64 bits per heavy atom. The molecule has 0 radical (unpaired) electrons. The van der Waals surface area contributed by atoms with Gasteiger partial charge in [-0.1, -0.05) is 36.5 Å². The number of allylic oxidation sites excluding steroid dienone is 4. The van der Waals surface area contributed by atoms with Crippen molar-refractivity contribution in [2.45, 2.75) is 13.3 Å². The topological polar surface area (TPSA) is 37.3 Å². The molecule has 2 heteroatoms. The molecule has 0 aromatic carbocycles. The predicted octanol–water partition coefficient (Wildman–Crippen LogP) is 2.15. The highest BCUT2D eigenvalue weighted by molar-refractivity contribution is 5.69. The van der Waals surface area contributed by atoms with Crippen LogP contribution in [0.1, 0.15) is 13.3 Å². The van der Waals surface area contributed by atoms with Crippen LogP contribution in [-0.4, -0.2) is 11.1 Å². The highest BCUT2D eigenvalue weighted by atomic mass is 16.4. The van der Waals surface area contributed by atoms with Crippen molar-refractivity contribution in [2.75, 3.05) is 0 Å². The van der Waals surface area contributed by atoms with Gasteiger partial charge in [0.25, 0.3) is 0 Å². The first-order valence-corrected chi connectivity index (χ1v) is 3.33. The van der Waals surface area contributed by atoms with Crippen molar-refractivity contribution < 1.29 is 9.90 Å². The van der Waals surface area contributed by atoms with Crippen molar-refractivity contribution >= 4 is 5.97 Å². The third-order valence-electron chi connectivity index (χ3n) is 1.06. The first-order chi connectivity index (χ1) is 5.16. The Morgan fingerprint density at radius 1 is 1.55 bits per heavy atom. The molecule has 2 nitrogen and oxygen atoms in total. The van der Waals surface area contributed by atoms with Crippen molar-refractivity contribution in [3.8, 4) is 0 Å². The summed E-state index contributed by atoms with van der Waals surface area (Å²) in [5.74, 6) is -0.800. The predicted molar refractivity (Wildman–Crippen MR) is 45.3 cm³/mol. The first kappa shape index (κ1) is 9.69. The van der Waals surface area contributed by atoms with Crippen molar-refractivity contribution in [3.63, 3.8) is 0 Å². The zero-order valence-corrected chi connectivity index (χ0v) is 6.58. The van der Waals surface area contributed by atoms with Gasteiger partial charge in [-0.2, -0.15) is 0 Å². The molecule has 0 aliphatic rings. The lowest BCUT2D eigenvalue weighted by Crippen LogP contribution is -1.93. The summed E-state index contributed by atoms with van der Waals surface area (Å²) in [6, 6.07) is 0. The van der Waals surface area contributed by atoms with E-state index in [2.05, 4.69) is 6.58 Å². The molecule has 0 aromatic heterocycles. The minimum atomic E-state index is -0.800. The summed E-state index contributed by atoms with van der Waals surface area (Å²) < 4.78 is 0. The molecular weight excluding hydrogens is 140 g/mol. The lowest BCUT2D eigenvalue weighted by atomic mass is 10.2. The normalized spacial score (nSPS) is 11.9. The Labute approximate surface area is 66.5 Å². The number of aliphatic carboxylic acids is 1. The van der Waals surface area contributed by atoms with Crippen LogP contribution in [0.4, 0.5) is 0 Å². The number of carbonyl (C=O) groups is 1. The second-order valence-corrected chi connectivity index (χ2v) is 2.20. The highest BCUT2D eigenvalue weighted by Gasteiger charge is 1.95. The van der Waals surface area contributed by atoms with E-state index in [0.717, 1.165) is 5.57 Å². The quantitative estimate of drug-likeness (QED) is 0.627. The fraction of sp³-hybridized carbons (Fsp3) is 0.222. The zero-order valence-electron chi connectivity index (χ0n) is 6.58. The summed E-state index contributed by atoms with van der Waals surface area (Å²) in [6.07, 6.45) is 7.03. The average Bonchev–Trinajstić information content (AvgIpc) is 1.86. The van der Waals surface area contributed by atoms with Gasteiger partial charge >= 0.3 is 5.97 Å². The molecule has 0 spiro atoms. The zero-order chi connectivity index (χ0) is 8.69. The third kappa shape index (κ3) is 6.58. The van der Waals surface area contributed by atoms with E-state index in [1.54, 1.807) is 31.2 Å². The van der Waals surface area contributed by atoms with Gasteiger partial charge < -0.3 is 5.11 Å². The molecule has 0 bridgehead atoms. The second kappa shape index (κ2) is 5.47. The lowest BCUT2D eigenvalue weighted by Gasteiger charge is -1.91. The van der Waals surface area contributed by atoms with Gasteiger partial charge in [0.15, 0.2) is 0 Å². The maximum Gasteiger partial charge on any atom is 0.307 e. The van der Waals surface area contributed by atoms with Crippen LogP contribution >= 0.6 is 0 Å². The van der Waals surface area contributed by atoms with Gasteiger partial charge in [-0.05, 0) is 6.92 Å². The summed E-state index contributed by atoms with van der Waals surface area (Å²) in [7, 11) is 0. The van der Waals surface area contributed by atoms with E-state index in [-0.39, 0.29) is 6.42 Å². The summed E-state index contributed by atoms with van der Waals surface area (Å²) in [6.45, 7) is 5.27. The first-order valence-electron chi connectivity index (χ1n) is 3.33.